The number of hydrogen-bond acceptors (Lipinski definition) is 8. The molecule has 0 spiro atoms. The zero-order chi connectivity index (χ0) is 21.6. The van der Waals surface area contributed by atoms with Gasteiger partial charge in [0.2, 0.25) is 0 Å². The van der Waals surface area contributed by atoms with Gasteiger partial charge in [-0.15, -0.1) is 0 Å². The average molecular weight is 416 g/mol. The summed E-state index contributed by atoms with van der Waals surface area (Å²) in [6, 6.07) is 12.8. The third-order valence-corrected chi connectivity index (χ3v) is 4.11. The second kappa shape index (κ2) is 8.99. The monoisotopic (exact) mass is 416 g/mol. The van der Waals surface area contributed by atoms with Crippen LogP contribution in [0.2, 0.25) is 0 Å². The number of aromatic nitrogens is 6. The van der Waals surface area contributed by atoms with E-state index >= 15 is 0 Å². The van der Waals surface area contributed by atoms with Gasteiger partial charge in [0, 0.05) is 41.7 Å². The molecule has 4 aromatic rings. The standard InChI is InChI=1S/C21H20N8O2/c1-14-8-10-22-21(24-14)31-13-20(30)28-17-6-4-16(5-7-17)27-18-12-19(26-15(2)25-18)29-11-3-9-23-29/h3-12H,13H2,1-2H3,(H,28,30)(H,25,26,27). The van der Waals surface area contributed by atoms with Gasteiger partial charge in [0.1, 0.15) is 11.6 Å². The van der Waals surface area contributed by atoms with Crippen molar-refractivity contribution in [2.45, 2.75) is 13.8 Å². The van der Waals surface area contributed by atoms with Crippen LogP contribution in [0.25, 0.3) is 5.82 Å². The number of ether oxygens (including phenoxy) is 1. The number of nitrogens with zero attached hydrogens (tertiary/aromatic N) is 6. The van der Waals surface area contributed by atoms with Crippen LogP contribution in [0.5, 0.6) is 6.01 Å². The lowest BCUT2D eigenvalue weighted by atomic mass is 10.2. The van der Waals surface area contributed by atoms with E-state index in [0.29, 0.717) is 23.1 Å². The molecule has 10 nitrogen and oxygen atoms in total. The van der Waals surface area contributed by atoms with Gasteiger partial charge in [-0.1, -0.05) is 0 Å². The van der Waals surface area contributed by atoms with Crippen molar-refractivity contribution in [1.82, 2.24) is 29.7 Å². The highest BCUT2D eigenvalue weighted by Gasteiger charge is 2.07. The van der Waals surface area contributed by atoms with Crippen molar-refractivity contribution in [3.05, 3.63) is 72.6 Å². The zero-order valence-electron chi connectivity index (χ0n) is 17.0. The van der Waals surface area contributed by atoms with Crippen molar-refractivity contribution in [3.63, 3.8) is 0 Å². The van der Waals surface area contributed by atoms with E-state index in [1.54, 1.807) is 41.3 Å². The summed E-state index contributed by atoms with van der Waals surface area (Å²) in [5, 5.41) is 10.2. The summed E-state index contributed by atoms with van der Waals surface area (Å²) in [6.07, 6.45) is 5.09. The predicted molar refractivity (Wildman–Crippen MR) is 115 cm³/mol. The van der Waals surface area contributed by atoms with Crippen LogP contribution in [0.4, 0.5) is 17.2 Å². The van der Waals surface area contributed by atoms with Gasteiger partial charge in [0.05, 0.1) is 0 Å². The van der Waals surface area contributed by atoms with Gasteiger partial charge in [-0.05, 0) is 50.2 Å². The number of carbonyl (C=O) groups is 1. The molecule has 0 radical (unpaired) electrons. The van der Waals surface area contributed by atoms with Gasteiger partial charge in [-0.25, -0.2) is 24.6 Å². The second-order valence-corrected chi connectivity index (χ2v) is 6.63. The summed E-state index contributed by atoms with van der Waals surface area (Å²) in [7, 11) is 0. The minimum atomic E-state index is -0.305. The van der Waals surface area contributed by atoms with Crippen molar-refractivity contribution in [2.75, 3.05) is 17.2 Å². The highest BCUT2D eigenvalue weighted by molar-refractivity contribution is 5.92. The van der Waals surface area contributed by atoms with Gasteiger partial charge in [-0.2, -0.15) is 5.10 Å². The first kappa shape index (κ1) is 20.0. The second-order valence-electron chi connectivity index (χ2n) is 6.63. The van der Waals surface area contributed by atoms with Crippen LogP contribution in [0.1, 0.15) is 11.5 Å². The molecule has 0 fully saturated rings. The van der Waals surface area contributed by atoms with Crippen LogP contribution in [0, 0.1) is 13.8 Å². The first-order chi connectivity index (χ1) is 15.0. The van der Waals surface area contributed by atoms with Crippen molar-refractivity contribution >= 4 is 23.1 Å². The quantitative estimate of drug-likeness (QED) is 0.472. The van der Waals surface area contributed by atoms with Gasteiger partial charge in [0.25, 0.3) is 5.91 Å². The Morgan fingerprint density at radius 3 is 2.58 bits per heavy atom. The molecule has 0 atom stereocenters. The Hall–Kier alpha value is -4.34. The molecule has 3 aromatic heterocycles. The van der Waals surface area contributed by atoms with E-state index in [9.17, 15) is 4.79 Å². The van der Waals surface area contributed by atoms with Crippen LogP contribution in [-0.4, -0.2) is 42.2 Å². The highest BCUT2D eigenvalue weighted by atomic mass is 16.5. The highest BCUT2D eigenvalue weighted by Crippen LogP contribution is 2.19. The van der Waals surface area contributed by atoms with E-state index in [1.807, 2.05) is 38.2 Å². The molecular formula is C21H20N8O2. The SMILES string of the molecule is Cc1ccnc(OCC(=O)Nc2ccc(Nc3cc(-n4cccn4)nc(C)n3)cc2)n1. The molecule has 0 aliphatic carbocycles. The summed E-state index contributed by atoms with van der Waals surface area (Å²) in [6.45, 7) is 3.46. The summed E-state index contributed by atoms with van der Waals surface area (Å²) in [5.74, 6) is 1.63. The molecule has 4 rings (SSSR count). The van der Waals surface area contributed by atoms with E-state index in [-0.39, 0.29) is 18.5 Å². The number of aryl methyl sites for hydroxylation is 2. The smallest absolute Gasteiger partial charge is 0.317 e. The van der Waals surface area contributed by atoms with E-state index in [1.165, 1.54) is 0 Å². The van der Waals surface area contributed by atoms with E-state index < -0.39 is 0 Å². The Balaban J connectivity index is 1.36. The van der Waals surface area contributed by atoms with Gasteiger partial charge in [-0.3, -0.25) is 4.79 Å². The molecular weight excluding hydrogens is 396 g/mol. The molecule has 0 aliphatic rings. The zero-order valence-corrected chi connectivity index (χ0v) is 17.0. The summed E-state index contributed by atoms with van der Waals surface area (Å²) in [5.41, 5.74) is 2.22. The fourth-order valence-electron chi connectivity index (χ4n) is 2.75. The largest absolute Gasteiger partial charge is 0.453 e. The van der Waals surface area contributed by atoms with E-state index in [2.05, 4.69) is 35.7 Å². The number of nitrogens with one attached hydrogen (secondary N) is 2. The fraction of sp³-hybridized carbons (Fsp3) is 0.143. The van der Waals surface area contributed by atoms with E-state index in [4.69, 9.17) is 4.74 Å². The summed E-state index contributed by atoms with van der Waals surface area (Å²) >= 11 is 0. The number of hydrogen-bond donors (Lipinski definition) is 2. The van der Waals surface area contributed by atoms with Crippen molar-refractivity contribution in [3.8, 4) is 11.8 Å². The van der Waals surface area contributed by atoms with Crippen molar-refractivity contribution in [1.29, 1.82) is 0 Å². The van der Waals surface area contributed by atoms with Crippen LogP contribution < -0.4 is 15.4 Å². The Bertz CT molecular complexity index is 1180. The lowest BCUT2D eigenvalue weighted by Gasteiger charge is -2.10. The van der Waals surface area contributed by atoms with Crippen molar-refractivity contribution in [2.24, 2.45) is 0 Å². The first-order valence-corrected chi connectivity index (χ1v) is 9.50. The summed E-state index contributed by atoms with van der Waals surface area (Å²) < 4.78 is 6.98. The molecule has 31 heavy (non-hydrogen) atoms. The molecule has 0 bridgehead atoms. The Kier molecular flexibility index (Phi) is 5.79. The maximum Gasteiger partial charge on any atom is 0.317 e. The topological polar surface area (TPSA) is 120 Å². The van der Waals surface area contributed by atoms with Crippen LogP contribution in [-0.2, 0) is 4.79 Å². The van der Waals surface area contributed by atoms with Crippen LogP contribution in [0.15, 0.2) is 61.1 Å². The molecule has 10 heteroatoms. The van der Waals surface area contributed by atoms with Crippen LogP contribution >= 0.6 is 0 Å². The first-order valence-electron chi connectivity index (χ1n) is 9.50. The maximum atomic E-state index is 12.1. The van der Waals surface area contributed by atoms with Crippen molar-refractivity contribution < 1.29 is 9.53 Å². The molecule has 2 N–H and O–H groups in total. The predicted octanol–water partition coefficient (Wildman–Crippen LogP) is 2.83. The van der Waals surface area contributed by atoms with E-state index in [0.717, 1.165) is 11.4 Å². The number of rotatable bonds is 7. The van der Waals surface area contributed by atoms with Gasteiger partial charge in [0.15, 0.2) is 12.4 Å². The van der Waals surface area contributed by atoms with Crippen LogP contribution in [0.3, 0.4) is 0 Å². The lowest BCUT2D eigenvalue weighted by Crippen LogP contribution is -2.20. The third kappa shape index (κ3) is 5.38. The van der Waals surface area contributed by atoms with Gasteiger partial charge >= 0.3 is 6.01 Å². The molecule has 0 saturated carbocycles. The molecule has 1 amide bonds. The molecule has 0 saturated heterocycles. The average Bonchev–Trinajstić information content (AvgIpc) is 3.28. The maximum absolute atomic E-state index is 12.1. The molecule has 3 heterocycles. The minimum absolute atomic E-state index is 0.171. The number of anilines is 3. The molecule has 156 valence electrons. The number of benzene rings is 1. The Morgan fingerprint density at radius 2 is 1.84 bits per heavy atom. The molecule has 0 aliphatic heterocycles. The fourth-order valence-corrected chi connectivity index (χ4v) is 2.75. The Labute approximate surface area is 178 Å². The molecule has 0 unspecified atom stereocenters. The lowest BCUT2D eigenvalue weighted by molar-refractivity contribution is -0.118. The number of carbonyl (C=O) groups excluding carboxylic acids is 1. The number of amides is 1. The summed E-state index contributed by atoms with van der Waals surface area (Å²) in [4.78, 5) is 29.0. The normalized spacial score (nSPS) is 10.5. The Morgan fingerprint density at radius 1 is 1.03 bits per heavy atom. The minimum Gasteiger partial charge on any atom is -0.453 e. The van der Waals surface area contributed by atoms with Gasteiger partial charge < -0.3 is 15.4 Å². The third-order valence-electron chi connectivity index (χ3n) is 4.11. The molecule has 1 aromatic carbocycles.